The van der Waals surface area contributed by atoms with Crippen LogP contribution in [0, 0.1) is 5.82 Å². The summed E-state index contributed by atoms with van der Waals surface area (Å²) in [6.45, 7) is 2.76. The fourth-order valence-electron chi connectivity index (χ4n) is 2.16. The number of nitrogens with zero attached hydrogens (tertiary/aromatic N) is 1. The van der Waals surface area contributed by atoms with Crippen LogP contribution < -0.4 is 0 Å². The largest absolute Gasteiger partial charge is 0.335 e. The van der Waals surface area contributed by atoms with Crippen molar-refractivity contribution in [3.05, 3.63) is 35.6 Å². The quantitative estimate of drug-likeness (QED) is 0.768. The fraction of sp³-hybridized carbons (Fsp3) is 0.462. The Bertz CT molecular complexity index is 406. The topological polar surface area (TPSA) is 20.3 Å². The first-order valence-corrected chi connectivity index (χ1v) is 6.71. The smallest absolute Gasteiger partial charge is 0.236 e. The molecule has 1 fully saturated rings. The molecule has 1 aromatic rings. The van der Waals surface area contributed by atoms with Crippen LogP contribution in [0.15, 0.2) is 24.3 Å². The van der Waals surface area contributed by atoms with E-state index in [0.717, 1.165) is 24.9 Å². The van der Waals surface area contributed by atoms with Crippen molar-refractivity contribution in [3.63, 3.8) is 0 Å². The number of halogens is 2. The van der Waals surface area contributed by atoms with Crippen molar-refractivity contribution in [2.75, 3.05) is 6.54 Å². The standard InChI is InChI=1S/C13H15BrFNO/c1-9(10-4-6-11(15)7-5-10)16-8-2-3-12(14)13(16)17/h4-7,9,12H,2-3,8H2,1H3/t9-,12?/m0/s1. The van der Waals surface area contributed by atoms with Gasteiger partial charge in [-0.25, -0.2) is 4.39 Å². The molecule has 1 aliphatic rings. The summed E-state index contributed by atoms with van der Waals surface area (Å²) in [5.74, 6) is -0.114. The number of hydrogen-bond donors (Lipinski definition) is 0. The Labute approximate surface area is 109 Å². The van der Waals surface area contributed by atoms with Crippen LogP contribution >= 0.6 is 15.9 Å². The van der Waals surface area contributed by atoms with Crippen LogP contribution in [0.3, 0.4) is 0 Å². The van der Waals surface area contributed by atoms with Crippen LogP contribution in [-0.2, 0) is 4.79 Å². The zero-order valence-electron chi connectivity index (χ0n) is 9.70. The molecule has 1 unspecified atom stereocenters. The molecule has 92 valence electrons. The van der Waals surface area contributed by atoms with Crippen LogP contribution in [0.2, 0.25) is 0 Å². The number of hydrogen-bond acceptors (Lipinski definition) is 1. The van der Waals surface area contributed by atoms with Gasteiger partial charge in [-0.05, 0) is 37.5 Å². The SMILES string of the molecule is C[C@@H](c1ccc(F)cc1)N1CCCC(Br)C1=O. The van der Waals surface area contributed by atoms with Crippen LogP contribution in [0.1, 0.15) is 31.4 Å². The van der Waals surface area contributed by atoms with E-state index in [1.165, 1.54) is 12.1 Å². The first-order valence-electron chi connectivity index (χ1n) is 5.79. The zero-order chi connectivity index (χ0) is 12.4. The molecule has 0 spiro atoms. The Kier molecular flexibility index (Phi) is 3.82. The minimum atomic E-state index is -0.246. The van der Waals surface area contributed by atoms with E-state index < -0.39 is 0 Å². The predicted octanol–water partition coefficient (Wildman–Crippen LogP) is 3.27. The highest BCUT2D eigenvalue weighted by Gasteiger charge is 2.30. The van der Waals surface area contributed by atoms with E-state index in [0.29, 0.717) is 0 Å². The summed E-state index contributed by atoms with van der Waals surface area (Å²) in [6.07, 6.45) is 1.90. The van der Waals surface area contributed by atoms with Crippen molar-refractivity contribution >= 4 is 21.8 Å². The van der Waals surface area contributed by atoms with Crippen molar-refractivity contribution in [1.82, 2.24) is 4.90 Å². The highest BCUT2D eigenvalue weighted by atomic mass is 79.9. The third-order valence-corrected chi connectivity index (χ3v) is 4.08. The molecule has 0 N–H and O–H groups in total. The molecule has 17 heavy (non-hydrogen) atoms. The molecule has 4 heteroatoms. The summed E-state index contributed by atoms with van der Waals surface area (Å²) in [7, 11) is 0. The maximum Gasteiger partial charge on any atom is 0.236 e. The maximum absolute atomic E-state index is 12.8. The van der Waals surface area contributed by atoms with Crippen molar-refractivity contribution in [2.45, 2.75) is 30.6 Å². The Hall–Kier alpha value is -0.900. The molecule has 2 nitrogen and oxygen atoms in total. The molecule has 1 saturated heterocycles. The number of likely N-dealkylation sites (tertiary alicyclic amines) is 1. The van der Waals surface area contributed by atoms with Gasteiger partial charge in [0.05, 0.1) is 10.9 Å². The zero-order valence-corrected chi connectivity index (χ0v) is 11.3. The number of carbonyl (C=O) groups is 1. The van der Waals surface area contributed by atoms with Gasteiger partial charge in [0.15, 0.2) is 0 Å². The van der Waals surface area contributed by atoms with Gasteiger partial charge in [0.25, 0.3) is 0 Å². The molecule has 2 rings (SSSR count). The van der Waals surface area contributed by atoms with Gasteiger partial charge in [0.2, 0.25) is 5.91 Å². The first-order chi connectivity index (χ1) is 8.09. The highest BCUT2D eigenvalue weighted by Crippen LogP contribution is 2.27. The van der Waals surface area contributed by atoms with E-state index in [4.69, 9.17) is 0 Å². The van der Waals surface area contributed by atoms with E-state index in [9.17, 15) is 9.18 Å². The average molecular weight is 300 g/mol. The van der Waals surface area contributed by atoms with E-state index >= 15 is 0 Å². The number of amides is 1. The summed E-state index contributed by atoms with van der Waals surface area (Å²) in [6, 6.07) is 6.36. The molecule has 0 radical (unpaired) electrons. The summed E-state index contributed by atoms with van der Waals surface area (Å²) < 4.78 is 12.8. The van der Waals surface area contributed by atoms with Crippen LogP contribution in [0.4, 0.5) is 4.39 Å². The number of carbonyl (C=O) groups excluding carboxylic acids is 1. The molecule has 0 bridgehead atoms. The van der Waals surface area contributed by atoms with Crippen LogP contribution in [0.5, 0.6) is 0 Å². The minimum absolute atomic E-state index is 0.00319. The van der Waals surface area contributed by atoms with Crippen LogP contribution in [-0.4, -0.2) is 22.2 Å². The molecule has 1 amide bonds. The normalized spacial score (nSPS) is 22.6. The van der Waals surface area contributed by atoms with E-state index in [1.807, 2.05) is 11.8 Å². The number of alkyl halides is 1. The summed E-state index contributed by atoms with van der Waals surface area (Å²) >= 11 is 3.40. The van der Waals surface area contributed by atoms with Gasteiger partial charge in [-0.3, -0.25) is 4.79 Å². The lowest BCUT2D eigenvalue weighted by atomic mass is 10.0. The molecule has 1 aliphatic heterocycles. The third-order valence-electron chi connectivity index (χ3n) is 3.23. The molecule has 0 aliphatic carbocycles. The first kappa shape index (κ1) is 12.6. The molecule has 0 aromatic heterocycles. The van der Waals surface area contributed by atoms with E-state index in [2.05, 4.69) is 15.9 Å². The Morgan fingerprint density at radius 3 is 2.71 bits per heavy atom. The van der Waals surface area contributed by atoms with Gasteiger partial charge < -0.3 is 4.90 Å². The third kappa shape index (κ3) is 2.68. The summed E-state index contributed by atoms with van der Waals surface area (Å²) in [4.78, 5) is 13.8. The fourth-order valence-corrected chi connectivity index (χ4v) is 2.75. The number of benzene rings is 1. The van der Waals surface area contributed by atoms with Crippen molar-refractivity contribution < 1.29 is 9.18 Å². The minimum Gasteiger partial charge on any atom is -0.335 e. The van der Waals surface area contributed by atoms with Gasteiger partial charge in [-0.2, -0.15) is 0 Å². The lowest BCUT2D eigenvalue weighted by Gasteiger charge is -2.35. The summed E-state index contributed by atoms with van der Waals surface area (Å²) in [5.41, 5.74) is 0.973. The van der Waals surface area contributed by atoms with Gasteiger partial charge >= 0.3 is 0 Å². The average Bonchev–Trinajstić information content (AvgIpc) is 2.33. The molecular weight excluding hydrogens is 285 g/mol. The van der Waals surface area contributed by atoms with Gasteiger partial charge in [-0.1, -0.05) is 28.1 Å². The molecule has 1 aromatic carbocycles. The van der Waals surface area contributed by atoms with E-state index in [1.54, 1.807) is 12.1 Å². The van der Waals surface area contributed by atoms with Crippen molar-refractivity contribution in [1.29, 1.82) is 0 Å². The van der Waals surface area contributed by atoms with E-state index in [-0.39, 0.29) is 22.6 Å². The van der Waals surface area contributed by atoms with Crippen molar-refractivity contribution in [3.8, 4) is 0 Å². The molecular formula is C13H15BrFNO. The van der Waals surface area contributed by atoms with Gasteiger partial charge in [0, 0.05) is 6.54 Å². The molecule has 2 atom stereocenters. The molecule has 0 saturated carbocycles. The van der Waals surface area contributed by atoms with Crippen LogP contribution in [0.25, 0.3) is 0 Å². The van der Waals surface area contributed by atoms with Gasteiger partial charge in [-0.15, -0.1) is 0 Å². The van der Waals surface area contributed by atoms with Gasteiger partial charge in [0.1, 0.15) is 5.82 Å². The lowest BCUT2D eigenvalue weighted by molar-refractivity contribution is -0.134. The lowest BCUT2D eigenvalue weighted by Crippen LogP contribution is -2.43. The second-order valence-electron chi connectivity index (χ2n) is 4.37. The predicted molar refractivity (Wildman–Crippen MR) is 68.5 cm³/mol. The Balaban J connectivity index is 2.16. The highest BCUT2D eigenvalue weighted by molar-refractivity contribution is 9.10. The monoisotopic (exact) mass is 299 g/mol. The van der Waals surface area contributed by atoms with Crippen molar-refractivity contribution in [2.24, 2.45) is 0 Å². The maximum atomic E-state index is 12.8. The number of piperidine rings is 1. The summed E-state index contributed by atoms with van der Waals surface area (Å²) in [5, 5.41) is 0. The second-order valence-corrected chi connectivity index (χ2v) is 5.47. The molecule has 1 heterocycles. The Morgan fingerprint density at radius 2 is 2.06 bits per heavy atom. The Morgan fingerprint density at radius 1 is 1.41 bits per heavy atom. The second kappa shape index (κ2) is 5.17. The number of rotatable bonds is 2.